The molecule has 9 heteroatoms. The van der Waals surface area contributed by atoms with E-state index in [1.165, 1.54) is 16.7 Å². The van der Waals surface area contributed by atoms with Gasteiger partial charge < -0.3 is 25.2 Å². The van der Waals surface area contributed by atoms with Gasteiger partial charge in [-0.3, -0.25) is 9.59 Å². The van der Waals surface area contributed by atoms with Crippen molar-refractivity contribution in [1.29, 1.82) is 0 Å². The topological polar surface area (TPSA) is 73.9 Å². The number of nitrogens with one attached hydrogen (secondary N) is 2. The van der Waals surface area contributed by atoms with Crippen LogP contribution in [0.4, 0.5) is 11.4 Å². The molecule has 0 bridgehead atoms. The Hall–Kier alpha value is -4.82. The van der Waals surface area contributed by atoms with Gasteiger partial charge in [-0.25, -0.2) is 0 Å². The van der Waals surface area contributed by atoms with Gasteiger partial charge >= 0.3 is 0 Å². The molecule has 318 valence electrons. The highest BCUT2D eigenvalue weighted by Crippen LogP contribution is 2.61. The third-order valence-corrected chi connectivity index (χ3v) is 14.3. The number of carbonyl (C=O) groups is 2. The van der Waals surface area contributed by atoms with Crippen molar-refractivity contribution in [3.05, 3.63) is 165 Å². The van der Waals surface area contributed by atoms with Crippen LogP contribution in [0, 0.1) is 30.6 Å². The molecule has 2 saturated carbocycles. The third kappa shape index (κ3) is 9.21. The van der Waals surface area contributed by atoms with Crippen molar-refractivity contribution in [1.82, 2.24) is 9.80 Å². The van der Waals surface area contributed by atoms with Crippen LogP contribution in [0.15, 0.2) is 127 Å². The second-order valence-electron chi connectivity index (χ2n) is 18.6. The number of benzene rings is 5. The molecule has 7 nitrogen and oxygen atoms in total. The number of para-hydroxylation sites is 2. The van der Waals surface area contributed by atoms with E-state index in [4.69, 9.17) is 27.9 Å². The summed E-state index contributed by atoms with van der Waals surface area (Å²) in [4.78, 5) is 27.6. The summed E-state index contributed by atoms with van der Waals surface area (Å²) in [5, 5.41) is 9.22. The lowest BCUT2D eigenvalue weighted by molar-refractivity contribution is -0.156. The summed E-state index contributed by atoms with van der Waals surface area (Å²) in [6.45, 7) is 11.8. The molecule has 3 heterocycles. The number of nitrogens with zero attached hydrogens (tertiary/aromatic N) is 2. The lowest BCUT2D eigenvalue weighted by atomic mass is 9.51. The summed E-state index contributed by atoms with van der Waals surface area (Å²) in [5.74, 6) is 1.11. The van der Waals surface area contributed by atoms with Gasteiger partial charge in [0.1, 0.15) is 0 Å². The summed E-state index contributed by atoms with van der Waals surface area (Å²) in [7, 11) is 0. The molecule has 5 aliphatic rings. The van der Waals surface area contributed by atoms with Crippen LogP contribution in [0.3, 0.4) is 0 Å². The molecule has 0 radical (unpaired) electrons. The fraction of sp³-hybridized carbons (Fsp3) is 0.385. The largest absolute Gasteiger partial charge is 0.381 e. The average molecular weight is 858 g/mol. The maximum Gasteiger partial charge on any atom is 0.222 e. The highest BCUT2D eigenvalue weighted by atomic mass is 35.5. The van der Waals surface area contributed by atoms with E-state index in [0.29, 0.717) is 6.42 Å². The van der Waals surface area contributed by atoms with Crippen molar-refractivity contribution in [2.75, 3.05) is 50.0 Å². The fourth-order valence-corrected chi connectivity index (χ4v) is 11.0. The zero-order valence-electron chi connectivity index (χ0n) is 35.6. The summed E-state index contributed by atoms with van der Waals surface area (Å²) in [6, 6.07) is 43.3. The Kier molecular flexibility index (Phi) is 12.6. The van der Waals surface area contributed by atoms with E-state index in [1.54, 1.807) is 0 Å². The van der Waals surface area contributed by atoms with Crippen LogP contribution in [0.25, 0.3) is 0 Å². The predicted octanol–water partition coefficient (Wildman–Crippen LogP) is 11.1. The Morgan fingerprint density at radius 2 is 1.08 bits per heavy atom. The standard InChI is InChI=1S/C28H29ClN2O.C20H21ClN2O.C4H8O/c1-21-24(13-8-14-25(21)29)28(30-23-11-6-3-7-12-23)17-27(18-28)19-31(20-27)26(32)16-15-22-9-4-2-5-10-22;1-15-17(8-5-9-18(15)21)20(22-16-6-3-2-4-7-16)10-19(11-20)12-23(13-19)14-24;1-4-2-5-3-4/h2-14,30H,15-20H2,1H3;2-9,14,22H,10-13H2,1H3;4H,2-3H2,1H3. The Morgan fingerprint density at radius 3 is 1.49 bits per heavy atom. The Labute approximate surface area is 371 Å². The number of amides is 2. The maximum absolute atomic E-state index is 12.7. The molecular formula is C52H58Cl2N4O3. The van der Waals surface area contributed by atoms with Crippen molar-refractivity contribution in [3.8, 4) is 0 Å². The highest BCUT2D eigenvalue weighted by Gasteiger charge is 2.62. The van der Waals surface area contributed by atoms with E-state index in [-0.39, 0.29) is 27.8 Å². The minimum absolute atomic E-state index is 0.106. The highest BCUT2D eigenvalue weighted by molar-refractivity contribution is 6.31. The van der Waals surface area contributed by atoms with E-state index >= 15 is 0 Å². The number of aryl methyl sites for hydroxylation is 1. The van der Waals surface area contributed by atoms with Crippen molar-refractivity contribution in [2.45, 2.75) is 70.4 Å². The van der Waals surface area contributed by atoms with Crippen LogP contribution in [0.1, 0.15) is 66.8 Å². The average Bonchev–Trinajstić information content (AvgIpc) is 3.21. The molecule has 0 unspecified atom stereocenters. The number of hydrogen-bond acceptors (Lipinski definition) is 5. The summed E-state index contributed by atoms with van der Waals surface area (Å²) < 4.78 is 4.83. The molecule has 2 N–H and O–H groups in total. The zero-order chi connectivity index (χ0) is 42.7. The number of anilines is 2. The van der Waals surface area contributed by atoms with E-state index in [0.717, 1.165) is 116 Å². The second kappa shape index (κ2) is 17.9. The lowest BCUT2D eigenvalue weighted by Crippen LogP contribution is -2.69. The second-order valence-corrected chi connectivity index (χ2v) is 19.4. The lowest BCUT2D eigenvalue weighted by Gasteiger charge is -2.65. The molecule has 3 aliphatic heterocycles. The van der Waals surface area contributed by atoms with E-state index in [2.05, 4.69) is 92.1 Å². The first-order chi connectivity index (χ1) is 29.4. The molecule has 2 aliphatic carbocycles. The van der Waals surface area contributed by atoms with E-state index < -0.39 is 0 Å². The van der Waals surface area contributed by atoms with Gasteiger partial charge in [0, 0.05) is 70.8 Å². The Morgan fingerprint density at radius 1 is 0.656 bits per heavy atom. The van der Waals surface area contributed by atoms with Gasteiger partial charge in [0.25, 0.3) is 0 Å². The van der Waals surface area contributed by atoms with Gasteiger partial charge in [0.2, 0.25) is 12.3 Å². The first kappa shape index (κ1) is 42.9. The molecule has 2 spiro atoms. The first-order valence-electron chi connectivity index (χ1n) is 21.7. The normalized spacial score (nSPS) is 21.1. The van der Waals surface area contributed by atoms with Crippen molar-refractivity contribution < 1.29 is 14.3 Å². The number of likely N-dealkylation sites (tertiary alicyclic amines) is 2. The van der Waals surface area contributed by atoms with E-state index in [9.17, 15) is 9.59 Å². The minimum Gasteiger partial charge on any atom is -0.381 e. The molecule has 0 atom stereocenters. The monoisotopic (exact) mass is 856 g/mol. The SMILES string of the molecule is CC1COC1.Cc1c(Cl)cccc1C1(Nc2ccccc2)CC2(CN(C(=O)CCc3ccccc3)C2)C1.Cc1c(Cl)cccc1C1(Nc2ccccc2)CC2(CN(C=O)C2)C1. The van der Waals surface area contributed by atoms with Crippen LogP contribution in [-0.4, -0.2) is 61.5 Å². The van der Waals surface area contributed by atoms with Crippen LogP contribution >= 0.6 is 23.2 Å². The molecule has 2 amide bonds. The maximum atomic E-state index is 12.7. The van der Waals surface area contributed by atoms with E-state index in [1.807, 2.05) is 76.5 Å². The van der Waals surface area contributed by atoms with Crippen LogP contribution < -0.4 is 10.6 Å². The summed E-state index contributed by atoms with van der Waals surface area (Å²) in [6.07, 6.45) is 6.43. The number of rotatable bonds is 10. The number of hydrogen-bond donors (Lipinski definition) is 2. The smallest absolute Gasteiger partial charge is 0.222 e. The minimum atomic E-state index is -0.143. The van der Waals surface area contributed by atoms with Gasteiger partial charge in [-0.1, -0.05) is 121 Å². The van der Waals surface area contributed by atoms with Crippen LogP contribution in [-0.2, 0) is 31.8 Å². The van der Waals surface area contributed by atoms with Crippen LogP contribution in [0.5, 0.6) is 0 Å². The molecule has 5 fully saturated rings. The van der Waals surface area contributed by atoms with Crippen LogP contribution in [0.2, 0.25) is 10.0 Å². The Balaban J connectivity index is 0.000000156. The van der Waals surface area contributed by atoms with Gasteiger partial charge in [-0.15, -0.1) is 0 Å². The van der Waals surface area contributed by atoms with Gasteiger partial charge in [-0.2, -0.15) is 0 Å². The quantitative estimate of drug-likeness (QED) is 0.137. The molecule has 3 saturated heterocycles. The predicted molar refractivity (Wildman–Crippen MR) is 248 cm³/mol. The molecule has 61 heavy (non-hydrogen) atoms. The van der Waals surface area contributed by atoms with Gasteiger partial charge in [-0.05, 0) is 110 Å². The zero-order valence-corrected chi connectivity index (χ0v) is 37.2. The summed E-state index contributed by atoms with van der Waals surface area (Å²) >= 11 is 12.9. The van der Waals surface area contributed by atoms with Gasteiger partial charge in [0.15, 0.2) is 0 Å². The van der Waals surface area contributed by atoms with Crippen molar-refractivity contribution >= 4 is 46.9 Å². The fourth-order valence-electron chi connectivity index (χ4n) is 10.7. The number of carbonyl (C=O) groups excluding carboxylic acids is 2. The number of ether oxygens (including phenoxy) is 1. The molecular weight excluding hydrogens is 800 g/mol. The molecule has 5 aromatic rings. The summed E-state index contributed by atoms with van der Waals surface area (Å²) in [5.41, 5.74) is 8.52. The molecule has 5 aromatic carbocycles. The Bertz CT molecular complexity index is 2270. The van der Waals surface area contributed by atoms with Crippen molar-refractivity contribution in [2.24, 2.45) is 16.7 Å². The molecule has 0 aromatic heterocycles. The first-order valence-corrected chi connectivity index (χ1v) is 22.5. The van der Waals surface area contributed by atoms with Crippen molar-refractivity contribution in [3.63, 3.8) is 0 Å². The third-order valence-electron chi connectivity index (χ3n) is 13.5. The molecule has 10 rings (SSSR count). The van der Waals surface area contributed by atoms with Gasteiger partial charge in [0.05, 0.1) is 24.3 Å². The number of halogens is 2.